The van der Waals surface area contributed by atoms with Gasteiger partial charge in [-0.3, -0.25) is 14.6 Å². The fourth-order valence-corrected chi connectivity index (χ4v) is 4.19. The first-order valence-corrected chi connectivity index (χ1v) is 11.4. The molecule has 0 atom stereocenters. The van der Waals surface area contributed by atoms with Gasteiger partial charge < -0.3 is 10.6 Å². The molecule has 0 saturated carbocycles. The largest absolute Gasteiger partial charge is 0.354 e. The molecule has 166 valence electrons. The summed E-state index contributed by atoms with van der Waals surface area (Å²) >= 11 is 0. The van der Waals surface area contributed by atoms with Crippen LogP contribution in [0.2, 0.25) is 0 Å². The van der Waals surface area contributed by atoms with E-state index in [4.69, 9.17) is 0 Å². The molecule has 0 radical (unpaired) electrons. The summed E-state index contributed by atoms with van der Waals surface area (Å²) in [5.74, 6) is 0.737. The predicted octanol–water partition coefficient (Wildman–Crippen LogP) is 2.70. The minimum Gasteiger partial charge on any atom is -0.354 e. The maximum atomic E-state index is 13.7. The molecule has 10 nitrogen and oxygen atoms in total. The van der Waals surface area contributed by atoms with Gasteiger partial charge in [-0.05, 0) is 32.0 Å². The number of benzene rings is 1. The fraction of sp³-hybridized carbons (Fsp3) is 0.200. The highest BCUT2D eigenvalue weighted by Crippen LogP contribution is 2.30. The van der Waals surface area contributed by atoms with Crippen molar-refractivity contribution in [1.29, 1.82) is 0 Å². The summed E-state index contributed by atoms with van der Waals surface area (Å²) in [7, 11) is -2.20. The van der Waals surface area contributed by atoms with Crippen LogP contribution >= 0.6 is 0 Å². The molecular formula is C20H20FN7O3S. The van der Waals surface area contributed by atoms with Crippen LogP contribution in [0.4, 0.5) is 27.4 Å². The van der Waals surface area contributed by atoms with Crippen LogP contribution in [-0.4, -0.2) is 39.4 Å². The number of hydrogen-bond donors (Lipinski definition) is 3. The second-order valence-electron chi connectivity index (χ2n) is 7.36. The van der Waals surface area contributed by atoms with E-state index in [1.54, 1.807) is 19.1 Å². The van der Waals surface area contributed by atoms with Gasteiger partial charge in [0.25, 0.3) is 5.56 Å². The monoisotopic (exact) mass is 457 g/mol. The quantitative estimate of drug-likeness (QED) is 0.416. The maximum absolute atomic E-state index is 13.7. The fourth-order valence-electron chi connectivity index (χ4n) is 3.35. The number of aryl methyl sites for hydroxylation is 3. The van der Waals surface area contributed by atoms with Crippen molar-refractivity contribution in [2.45, 2.75) is 18.7 Å². The molecule has 0 bridgehead atoms. The average Bonchev–Trinajstić information content (AvgIpc) is 2.95. The van der Waals surface area contributed by atoms with E-state index in [1.165, 1.54) is 17.8 Å². The van der Waals surface area contributed by atoms with Gasteiger partial charge in [0, 0.05) is 31.1 Å². The molecule has 0 fully saturated rings. The first-order chi connectivity index (χ1) is 15.0. The number of halogens is 1. The zero-order valence-corrected chi connectivity index (χ0v) is 18.5. The van der Waals surface area contributed by atoms with Crippen molar-refractivity contribution in [3.05, 3.63) is 58.0 Å². The number of pyridine rings is 1. The average molecular weight is 457 g/mol. The summed E-state index contributed by atoms with van der Waals surface area (Å²) in [5, 5.41) is 9.11. The molecule has 0 spiro atoms. The Hall–Kier alpha value is -3.80. The molecule has 4 aromatic rings. The third-order valence-electron chi connectivity index (χ3n) is 4.65. The molecule has 12 heteroatoms. The minimum atomic E-state index is -3.74. The zero-order chi connectivity index (χ0) is 23.2. The number of aromatic nitrogens is 5. The highest BCUT2D eigenvalue weighted by molar-refractivity contribution is 7.90. The lowest BCUT2D eigenvalue weighted by Gasteiger charge is -2.13. The number of anilines is 4. The zero-order valence-electron chi connectivity index (χ0n) is 17.7. The Kier molecular flexibility index (Phi) is 5.17. The number of sulfone groups is 1. The van der Waals surface area contributed by atoms with Crippen LogP contribution in [0, 0.1) is 19.7 Å². The van der Waals surface area contributed by atoms with Crippen molar-refractivity contribution in [2.24, 2.45) is 7.05 Å². The van der Waals surface area contributed by atoms with Gasteiger partial charge in [-0.2, -0.15) is 0 Å². The predicted molar refractivity (Wildman–Crippen MR) is 119 cm³/mol. The molecule has 0 aliphatic rings. The first-order valence-electron chi connectivity index (χ1n) is 9.47. The lowest BCUT2D eigenvalue weighted by molar-refractivity contribution is 0.596. The van der Waals surface area contributed by atoms with Crippen LogP contribution in [0.3, 0.4) is 0 Å². The molecule has 0 aliphatic heterocycles. The summed E-state index contributed by atoms with van der Waals surface area (Å²) in [6.45, 7) is 3.59. The lowest BCUT2D eigenvalue weighted by Crippen LogP contribution is -2.12. The Morgan fingerprint density at radius 3 is 2.41 bits per heavy atom. The smallest absolute Gasteiger partial charge is 0.277 e. The lowest BCUT2D eigenvalue weighted by atomic mass is 10.2. The molecular weight excluding hydrogens is 437 g/mol. The number of nitrogens with zero attached hydrogens (tertiary/aromatic N) is 4. The molecule has 3 heterocycles. The SMILES string of the molecule is Cc1cc(Nc2cc(Nc3ccc(F)cc3S(C)(=O)=O)c3c(=O)n(C)[nH]c3n2)nc(C)n1. The van der Waals surface area contributed by atoms with Crippen LogP contribution < -0.4 is 16.2 Å². The van der Waals surface area contributed by atoms with E-state index in [1.807, 2.05) is 6.92 Å². The number of aromatic amines is 1. The number of nitrogens with one attached hydrogen (secondary N) is 3. The molecule has 0 unspecified atom stereocenters. The molecule has 0 aliphatic carbocycles. The number of fused-ring (bicyclic) bond motifs is 1. The number of hydrogen-bond acceptors (Lipinski definition) is 8. The molecule has 32 heavy (non-hydrogen) atoms. The van der Waals surface area contributed by atoms with Gasteiger partial charge in [0.2, 0.25) is 0 Å². The summed E-state index contributed by atoms with van der Waals surface area (Å²) < 4.78 is 39.4. The molecule has 3 aromatic heterocycles. The van der Waals surface area contributed by atoms with Crippen molar-refractivity contribution in [3.63, 3.8) is 0 Å². The van der Waals surface area contributed by atoms with E-state index in [-0.39, 0.29) is 27.2 Å². The summed E-state index contributed by atoms with van der Waals surface area (Å²) in [6, 6.07) is 6.66. The van der Waals surface area contributed by atoms with E-state index >= 15 is 0 Å². The van der Waals surface area contributed by atoms with E-state index in [0.717, 1.165) is 24.1 Å². The van der Waals surface area contributed by atoms with E-state index < -0.39 is 15.7 Å². The topological polar surface area (TPSA) is 135 Å². The second kappa shape index (κ2) is 7.71. The normalized spacial score (nSPS) is 11.7. The van der Waals surface area contributed by atoms with Gasteiger partial charge >= 0.3 is 0 Å². The number of rotatable bonds is 5. The van der Waals surface area contributed by atoms with Crippen molar-refractivity contribution < 1.29 is 12.8 Å². The molecule has 3 N–H and O–H groups in total. The standard InChI is InChI=1S/C20H20FN7O3S/c1-10-7-16(23-11(2)22-10)25-17-9-14(18-19(26-17)27-28(3)20(18)29)24-13-6-5-12(21)8-15(13)32(4,30)31/h5-9H,1-4H3,(H3,22,23,24,25,26,27). The van der Waals surface area contributed by atoms with Crippen molar-refractivity contribution in [2.75, 3.05) is 16.9 Å². The van der Waals surface area contributed by atoms with Gasteiger partial charge in [-0.1, -0.05) is 0 Å². The summed E-state index contributed by atoms with van der Waals surface area (Å²) in [5.41, 5.74) is 1.09. The van der Waals surface area contributed by atoms with Gasteiger partial charge in [-0.25, -0.2) is 27.8 Å². The highest BCUT2D eigenvalue weighted by atomic mass is 32.2. The van der Waals surface area contributed by atoms with Crippen LogP contribution in [0.25, 0.3) is 11.0 Å². The van der Waals surface area contributed by atoms with Crippen LogP contribution in [0.5, 0.6) is 0 Å². The first kappa shape index (κ1) is 21.4. The third kappa shape index (κ3) is 4.17. The van der Waals surface area contributed by atoms with Crippen molar-refractivity contribution >= 4 is 43.9 Å². The van der Waals surface area contributed by atoms with Gasteiger partial charge in [-0.15, -0.1) is 0 Å². The van der Waals surface area contributed by atoms with Crippen molar-refractivity contribution in [3.8, 4) is 0 Å². The maximum Gasteiger partial charge on any atom is 0.277 e. The van der Waals surface area contributed by atoms with Crippen LogP contribution in [-0.2, 0) is 16.9 Å². The Morgan fingerprint density at radius 1 is 1.00 bits per heavy atom. The van der Waals surface area contributed by atoms with Crippen molar-refractivity contribution in [1.82, 2.24) is 24.7 Å². The molecule has 4 rings (SSSR count). The Balaban J connectivity index is 1.86. The number of H-pyrrole nitrogens is 1. The van der Waals surface area contributed by atoms with Crippen LogP contribution in [0.15, 0.2) is 40.0 Å². The molecule has 0 saturated heterocycles. The van der Waals surface area contributed by atoms with Gasteiger partial charge in [0.15, 0.2) is 15.5 Å². The van der Waals surface area contributed by atoms with E-state index in [0.29, 0.717) is 23.1 Å². The van der Waals surface area contributed by atoms with Gasteiger partial charge in [0.05, 0.1) is 16.3 Å². The Morgan fingerprint density at radius 2 is 1.72 bits per heavy atom. The molecule has 1 aromatic carbocycles. The van der Waals surface area contributed by atoms with E-state index in [9.17, 15) is 17.6 Å². The van der Waals surface area contributed by atoms with Gasteiger partial charge in [0.1, 0.15) is 28.7 Å². The highest BCUT2D eigenvalue weighted by Gasteiger charge is 2.19. The second-order valence-corrected chi connectivity index (χ2v) is 9.34. The minimum absolute atomic E-state index is 0.129. The molecule has 0 amide bonds. The summed E-state index contributed by atoms with van der Waals surface area (Å²) in [4.78, 5) is 25.4. The van der Waals surface area contributed by atoms with Crippen LogP contribution in [0.1, 0.15) is 11.5 Å². The van der Waals surface area contributed by atoms with E-state index in [2.05, 4.69) is 30.7 Å². The third-order valence-corrected chi connectivity index (χ3v) is 5.78. The Bertz CT molecular complexity index is 1510. The Labute approximate surface area is 182 Å². The summed E-state index contributed by atoms with van der Waals surface area (Å²) in [6.07, 6.45) is 0.983.